The number of rotatable bonds is 6. The van der Waals surface area contributed by atoms with Crippen molar-refractivity contribution >= 4 is 0 Å². The van der Waals surface area contributed by atoms with E-state index in [1.54, 1.807) is 0 Å². The van der Waals surface area contributed by atoms with Crippen LogP contribution in [-0.2, 0) is 26.4 Å². The summed E-state index contributed by atoms with van der Waals surface area (Å²) >= 11 is 0. The Bertz CT molecular complexity index is 567. The number of aromatic nitrogens is 4. The molecule has 0 bridgehead atoms. The van der Waals surface area contributed by atoms with Crippen molar-refractivity contribution in [3.05, 3.63) is 34.9 Å². The van der Waals surface area contributed by atoms with Crippen molar-refractivity contribution in [3.8, 4) is 0 Å². The molecule has 0 spiro atoms. The van der Waals surface area contributed by atoms with Crippen molar-refractivity contribution in [1.29, 1.82) is 0 Å². The van der Waals surface area contributed by atoms with Crippen LogP contribution in [0.15, 0.2) is 12.4 Å². The Hall–Kier alpha value is -1.62. The standard InChI is InChI=1S/C15H25N5/c1-6-13-15(11(3)16-4)14(7-2)20(18-13)10-12-8-17-19(5)9-12/h8-9,11,16H,6-7,10H2,1-5H3. The highest BCUT2D eigenvalue weighted by Crippen LogP contribution is 2.24. The SMILES string of the molecule is CCc1nn(Cc2cnn(C)c2)c(CC)c1C(C)NC. The van der Waals surface area contributed by atoms with Crippen molar-refractivity contribution in [3.63, 3.8) is 0 Å². The maximum absolute atomic E-state index is 4.81. The average molecular weight is 275 g/mol. The first kappa shape index (κ1) is 14.8. The fraction of sp³-hybridized carbons (Fsp3) is 0.600. The fourth-order valence-electron chi connectivity index (χ4n) is 2.70. The molecule has 5 nitrogen and oxygen atoms in total. The highest BCUT2D eigenvalue weighted by Gasteiger charge is 2.19. The summed E-state index contributed by atoms with van der Waals surface area (Å²) in [6.07, 6.45) is 5.92. The largest absolute Gasteiger partial charge is 0.313 e. The molecule has 2 aromatic heterocycles. The van der Waals surface area contributed by atoms with Crippen molar-refractivity contribution in [2.45, 2.75) is 46.2 Å². The van der Waals surface area contributed by atoms with E-state index in [0.29, 0.717) is 6.04 Å². The van der Waals surface area contributed by atoms with Crippen molar-refractivity contribution in [2.24, 2.45) is 7.05 Å². The van der Waals surface area contributed by atoms with E-state index >= 15 is 0 Å². The molecule has 0 aliphatic carbocycles. The first-order valence-corrected chi connectivity index (χ1v) is 7.33. The van der Waals surface area contributed by atoms with Crippen LogP contribution >= 0.6 is 0 Å². The molecular weight excluding hydrogens is 250 g/mol. The van der Waals surface area contributed by atoms with E-state index in [4.69, 9.17) is 5.10 Å². The molecular formula is C15H25N5. The summed E-state index contributed by atoms with van der Waals surface area (Å²) in [5, 5.41) is 12.4. The monoisotopic (exact) mass is 275 g/mol. The summed E-state index contributed by atoms with van der Waals surface area (Å²) in [5.74, 6) is 0. The minimum atomic E-state index is 0.336. The summed E-state index contributed by atoms with van der Waals surface area (Å²) in [4.78, 5) is 0. The molecule has 0 saturated heterocycles. The molecule has 0 amide bonds. The average Bonchev–Trinajstić information content (AvgIpc) is 3.01. The summed E-state index contributed by atoms with van der Waals surface area (Å²) in [7, 11) is 3.95. The van der Waals surface area contributed by atoms with Gasteiger partial charge in [0.1, 0.15) is 0 Å². The highest BCUT2D eigenvalue weighted by molar-refractivity contribution is 5.30. The van der Waals surface area contributed by atoms with Gasteiger partial charge < -0.3 is 5.32 Å². The molecule has 5 heteroatoms. The molecule has 2 rings (SSSR count). The Labute approximate surface area is 121 Å². The van der Waals surface area contributed by atoms with E-state index in [-0.39, 0.29) is 0 Å². The molecule has 0 aromatic carbocycles. The third kappa shape index (κ3) is 2.77. The second-order valence-corrected chi connectivity index (χ2v) is 5.20. The summed E-state index contributed by atoms with van der Waals surface area (Å²) in [5.41, 5.74) is 5.08. The summed E-state index contributed by atoms with van der Waals surface area (Å²) in [6, 6.07) is 0.336. The Morgan fingerprint density at radius 1 is 1.30 bits per heavy atom. The van der Waals surface area contributed by atoms with Crippen molar-refractivity contribution in [2.75, 3.05) is 7.05 Å². The van der Waals surface area contributed by atoms with E-state index in [1.807, 2.05) is 31.2 Å². The first-order chi connectivity index (χ1) is 9.60. The van der Waals surface area contributed by atoms with Gasteiger partial charge in [0.05, 0.1) is 18.4 Å². The zero-order valence-electron chi connectivity index (χ0n) is 13.1. The highest BCUT2D eigenvalue weighted by atomic mass is 15.3. The molecule has 0 aliphatic rings. The lowest BCUT2D eigenvalue weighted by molar-refractivity contribution is 0.620. The van der Waals surface area contributed by atoms with Gasteiger partial charge in [-0.1, -0.05) is 13.8 Å². The molecule has 0 aliphatic heterocycles. The summed E-state index contributed by atoms with van der Waals surface area (Å²) in [6.45, 7) is 7.36. The molecule has 2 aromatic rings. The van der Waals surface area contributed by atoms with E-state index in [2.05, 4.69) is 35.9 Å². The van der Waals surface area contributed by atoms with Crippen LogP contribution in [0.3, 0.4) is 0 Å². The lowest BCUT2D eigenvalue weighted by Crippen LogP contribution is -2.15. The number of nitrogens with zero attached hydrogens (tertiary/aromatic N) is 4. The van der Waals surface area contributed by atoms with E-state index < -0.39 is 0 Å². The fourth-order valence-corrected chi connectivity index (χ4v) is 2.70. The van der Waals surface area contributed by atoms with E-state index in [9.17, 15) is 0 Å². The van der Waals surface area contributed by atoms with Crippen molar-refractivity contribution < 1.29 is 0 Å². The van der Waals surface area contributed by atoms with E-state index in [1.165, 1.54) is 22.5 Å². The third-order valence-corrected chi connectivity index (χ3v) is 3.80. The van der Waals surface area contributed by atoms with Gasteiger partial charge >= 0.3 is 0 Å². The predicted octanol–water partition coefficient (Wildman–Crippen LogP) is 2.07. The van der Waals surface area contributed by atoms with Gasteiger partial charge in [-0.3, -0.25) is 9.36 Å². The Kier molecular flexibility index (Phi) is 4.60. The van der Waals surface area contributed by atoms with Gasteiger partial charge in [0.2, 0.25) is 0 Å². The Balaban J connectivity index is 2.40. The van der Waals surface area contributed by atoms with Crippen LogP contribution in [0.4, 0.5) is 0 Å². The minimum Gasteiger partial charge on any atom is -0.313 e. The van der Waals surface area contributed by atoms with Crippen LogP contribution in [0.25, 0.3) is 0 Å². The molecule has 0 radical (unpaired) electrons. The number of hydrogen-bond acceptors (Lipinski definition) is 3. The topological polar surface area (TPSA) is 47.7 Å². The normalized spacial score (nSPS) is 12.8. The van der Waals surface area contributed by atoms with Crippen LogP contribution in [-0.4, -0.2) is 26.6 Å². The van der Waals surface area contributed by atoms with Gasteiger partial charge in [-0.2, -0.15) is 10.2 Å². The van der Waals surface area contributed by atoms with Gasteiger partial charge in [0, 0.05) is 36.1 Å². The number of nitrogens with one attached hydrogen (secondary N) is 1. The molecule has 1 N–H and O–H groups in total. The molecule has 0 fully saturated rings. The van der Waals surface area contributed by atoms with Gasteiger partial charge in [0.25, 0.3) is 0 Å². The predicted molar refractivity (Wildman–Crippen MR) is 80.8 cm³/mol. The third-order valence-electron chi connectivity index (χ3n) is 3.80. The second kappa shape index (κ2) is 6.22. The summed E-state index contributed by atoms with van der Waals surface area (Å²) < 4.78 is 3.97. The first-order valence-electron chi connectivity index (χ1n) is 7.33. The second-order valence-electron chi connectivity index (χ2n) is 5.20. The molecule has 110 valence electrons. The smallest absolute Gasteiger partial charge is 0.0693 e. The van der Waals surface area contributed by atoms with E-state index in [0.717, 1.165) is 19.4 Å². The lowest BCUT2D eigenvalue weighted by Gasteiger charge is -2.13. The van der Waals surface area contributed by atoms with Crippen LogP contribution in [0.2, 0.25) is 0 Å². The molecule has 20 heavy (non-hydrogen) atoms. The van der Waals surface area contributed by atoms with Crippen LogP contribution in [0.1, 0.15) is 49.3 Å². The van der Waals surface area contributed by atoms with Crippen LogP contribution in [0, 0.1) is 0 Å². The zero-order chi connectivity index (χ0) is 14.7. The number of hydrogen-bond donors (Lipinski definition) is 1. The minimum absolute atomic E-state index is 0.336. The van der Waals surface area contributed by atoms with Crippen LogP contribution in [0.5, 0.6) is 0 Å². The quantitative estimate of drug-likeness (QED) is 0.878. The van der Waals surface area contributed by atoms with Gasteiger partial charge in [-0.15, -0.1) is 0 Å². The molecule has 1 unspecified atom stereocenters. The maximum atomic E-state index is 4.81. The van der Waals surface area contributed by atoms with Gasteiger partial charge in [-0.25, -0.2) is 0 Å². The zero-order valence-corrected chi connectivity index (χ0v) is 13.1. The Morgan fingerprint density at radius 3 is 2.55 bits per heavy atom. The molecule has 2 heterocycles. The Morgan fingerprint density at radius 2 is 2.05 bits per heavy atom. The van der Waals surface area contributed by atoms with Crippen LogP contribution < -0.4 is 5.32 Å². The lowest BCUT2D eigenvalue weighted by atomic mass is 10.0. The molecule has 0 saturated carbocycles. The van der Waals surface area contributed by atoms with Gasteiger partial charge in [0.15, 0.2) is 0 Å². The number of aryl methyl sites for hydroxylation is 2. The molecule has 1 atom stereocenters. The van der Waals surface area contributed by atoms with Gasteiger partial charge in [-0.05, 0) is 26.8 Å². The van der Waals surface area contributed by atoms with Crippen molar-refractivity contribution in [1.82, 2.24) is 24.9 Å². The maximum Gasteiger partial charge on any atom is 0.0693 e.